The van der Waals surface area contributed by atoms with Gasteiger partial charge in [0.15, 0.2) is 5.13 Å². The number of carbonyl (C=O) groups excluding carboxylic acids is 2. The molecule has 2 N–H and O–H groups in total. The van der Waals surface area contributed by atoms with Crippen LogP contribution in [-0.4, -0.2) is 23.3 Å². The minimum atomic E-state index is -0.255. The first kappa shape index (κ1) is 11.6. The van der Waals surface area contributed by atoms with Crippen LogP contribution in [0.15, 0.2) is 11.6 Å². The molecule has 5 nitrogen and oxygen atoms in total. The van der Waals surface area contributed by atoms with Crippen molar-refractivity contribution in [3.05, 3.63) is 11.6 Å². The molecule has 0 unspecified atom stereocenters. The summed E-state index contributed by atoms with van der Waals surface area (Å²) >= 11 is 1.34. The molecular weight excluding hydrogens is 214 g/mol. The van der Waals surface area contributed by atoms with Gasteiger partial charge >= 0.3 is 0 Å². The quantitative estimate of drug-likeness (QED) is 0.788. The molecule has 0 radical (unpaired) electrons. The molecule has 0 aliphatic rings. The third-order valence-electron chi connectivity index (χ3n) is 1.60. The fourth-order valence-corrected chi connectivity index (χ4v) is 1.49. The lowest BCUT2D eigenvalue weighted by Crippen LogP contribution is -2.32. The Morgan fingerprint density at radius 1 is 1.47 bits per heavy atom. The van der Waals surface area contributed by atoms with Gasteiger partial charge < -0.3 is 10.6 Å². The highest BCUT2D eigenvalue weighted by molar-refractivity contribution is 7.13. The van der Waals surface area contributed by atoms with Crippen LogP contribution in [0.1, 0.15) is 19.8 Å². The van der Waals surface area contributed by atoms with Crippen LogP contribution in [0.25, 0.3) is 0 Å². The van der Waals surface area contributed by atoms with Gasteiger partial charge in [-0.3, -0.25) is 9.59 Å². The Bertz CT molecular complexity index is 324. The second-order valence-corrected chi connectivity index (χ2v) is 3.81. The Balaban J connectivity index is 2.22. The van der Waals surface area contributed by atoms with Crippen molar-refractivity contribution in [3.8, 4) is 0 Å². The zero-order valence-electron chi connectivity index (χ0n) is 8.45. The van der Waals surface area contributed by atoms with Crippen molar-refractivity contribution >= 4 is 28.3 Å². The van der Waals surface area contributed by atoms with E-state index >= 15 is 0 Å². The molecule has 0 bridgehead atoms. The average molecular weight is 227 g/mol. The first-order valence-corrected chi connectivity index (χ1v) is 5.56. The zero-order chi connectivity index (χ0) is 11.1. The number of aromatic nitrogens is 1. The number of thiazole rings is 1. The number of rotatable bonds is 5. The highest BCUT2D eigenvalue weighted by Crippen LogP contribution is 2.09. The molecule has 6 heteroatoms. The summed E-state index contributed by atoms with van der Waals surface area (Å²) < 4.78 is 0. The molecule has 0 spiro atoms. The van der Waals surface area contributed by atoms with Crippen molar-refractivity contribution in [1.29, 1.82) is 0 Å². The van der Waals surface area contributed by atoms with E-state index in [1.807, 2.05) is 6.92 Å². The van der Waals surface area contributed by atoms with Gasteiger partial charge in [0.2, 0.25) is 11.8 Å². The molecule has 0 aromatic carbocycles. The Morgan fingerprint density at radius 3 is 2.87 bits per heavy atom. The lowest BCUT2D eigenvalue weighted by atomic mass is 10.3. The van der Waals surface area contributed by atoms with Crippen LogP contribution in [-0.2, 0) is 9.59 Å². The molecule has 82 valence electrons. The van der Waals surface area contributed by atoms with E-state index in [4.69, 9.17) is 0 Å². The van der Waals surface area contributed by atoms with E-state index in [-0.39, 0.29) is 18.4 Å². The summed E-state index contributed by atoms with van der Waals surface area (Å²) in [6.45, 7) is 1.91. The highest BCUT2D eigenvalue weighted by Gasteiger charge is 2.05. The summed E-state index contributed by atoms with van der Waals surface area (Å²) in [4.78, 5) is 26.2. The SMILES string of the molecule is CCCC(=O)NCC(=O)Nc1nccs1. The average Bonchev–Trinajstić information content (AvgIpc) is 2.68. The molecule has 0 aliphatic heterocycles. The van der Waals surface area contributed by atoms with Gasteiger partial charge in [0, 0.05) is 18.0 Å². The first-order valence-electron chi connectivity index (χ1n) is 4.68. The molecule has 0 atom stereocenters. The molecule has 0 saturated heterocycles. The number of nitrogens with zero attached hydrogens (tertiary/aromatic N) is 1. The Hall–Kier alpha value is -1.43. The minimum Gasteiger partial charge on any atom is -0.347 e. The summed E-state index contributed by atoms with van der Waals surface area (Å²) in [7, 11) is 0. The van der Waals surface area contributed by atoms with E-state index in [0.29, 0.717) is 11.6 Å². The topological polar surface area (TPSA) is 71.1 Å². The van der Waals surface area contributed by atoms with Gasteiger partial charge in [0.1, 0.15) is 0 Å². The number of anilines is 1. The molecule has 15 heavy (non-hydrogen) atoms. The number of amides is 2. The molecule has 1 heterocycles. The molecule has 2 amide bonds. The van der Waals surface area contributed by atoms with E-state index in [1.54, 1.807) is 11.6 Å². The highest BCUT2D eigenvalue weighted by atomic mass is 32.1. The molecule has 1 rings (SSSR count). The second-order valence-electron chi connectivity index (χ2n) is 2.91. The molecular formula is C9H13N3O2S. The van der Waals surface area contributed by atoms with Crippen LogP contribution >= 0.6 is 11.3 Å². The van der Waals surface area contributed by atoms with E-state index in [1.165, 1.54) is 11.3 Å². The van der Waals surface area contributed by atoms with Crippen LogP contribution < -0.4 is 10.6 Å². The summed E-state index contributed by atoms with van der Waals surface area (Å²) in [6.07, 6.45) is 2.83. The first-order chi connectivity index (χ1) is 7.22. The van der Waals surface area contributed by atoms with Crippen molar-refractivity contribution < 1.29 is 9.59 Å². The smallest absolute Gasteiger partial charge is 0.245 e. The van der Waals surface area contributed by atoms with Gasteiger partial charge in [0.05, 0.1) is 6.54 Å². The summed E-state index contributed by atoms with van der Waals surface area (Å²) in [5, 5.41) is 7.41. The van der Waals surface area contributed by atoms with E-state index in [0.717, 1.165) is 6.42 Å². The van der Waals surface area contributed by atoms with Crippen molar-refractivity contribution in [3.63, 3.8) is 0 Å². The van der Waals surface area contributed by atoms with Crippen molar-refractivity contribution in [2.75, 3.05) is 11.9 Å². The minimum absolute atomic E-state index is 0.00157. The molecule has 1 aromatic rings. The predicted molar refractivity (Wildman–Crippen MR) is 58.7 cm³/mol. The molecule has 0 fully saturated rings. The monoisotopic (exact) mass is 227 g/mol. The summed E-state index contributed by atoms with van der Waals surface area (Å²) in [5.41, 5.74) is 0. The normalized spacial score (nSPS) is 9.67. The van der Waals surface area contributed by atoms with E-state index in [9.17, 15) is 9.59 Å². The van der Waals surface area contributed by atoms with Crippen LogP contribution in [0, 0.1) is 0 Å². The van der Waals surface area contributed by atoms with Crippen LogP contribution in [0.5, 0.6) is 0 Å². The maximum absolute atomic E-state index is 11.3. The zero-order valence-corrected chi connectivity index (χ0v) is 9.26. The number of hydrogen-bond acceptors (Lipinski definition) is 4. The van der Waals surface area contributed by atoms with Gasteiger partial charge in [-0.15, -0.1) is 11.3 Å². The summed E-state index contributed by atoms with van der Waals surface area (Å²) in [5.74, 6) is -0.360. The Kier molecular flexibility index (Phi) is 4.76. The van der Waals surface area contributed by atoms with Crippen molar-refractivity contribution in [1.82, 2.24) is 10.3 Å². The third-order valence-corrected chi connectivity index (χ3v) is 2.29. The predicted octanol–water partition coefficient (Wildman–Crippen LogP) is 0.998. The van der Waals surface area contributed by atoms with Crippen LogP contribution in [0.4, 0.5) is 5.13 Å². The lowest BCUT2D eigenvalue weighted by molar-refractivity contribution is -0.124. The standard InChI is InChI=1S/C9H13N3O2S/c1-2-3-7(13)11-6-8(14)12-9-10-4-5-15-9/h4-5H,2-3,6H2,1H3,(H,11,13)(H,10,12,14). The lowest BCUT2D eigenvalue weighted by Gasteiger charge is -2.03. The van der Waals surface area contributed by atoms with Gasteiger partial charge in [-0.05, 0) is 6.42 Å². The summed E-state index contributed by atoms with van der Waals surface area (Å²) in [6, 6.07) is 0. The van der Waals surface area contributed by atoms with Crippen LogP contribution in [0.3, 0.4) is 0 Å². The maximum Gasteiger partial charge on any atom is 0.245 e. The van der Waals surface area contributed by atoms with Gasteiger partial charge in [0.25, 0.3) is 0 Å². The van der Waals surface area contributed by atoms with Crippen molar-refractivity contribution in [2.24, 2.45) is 0 Å². The number of nitrogens with one attached hydrogen (secondary N) is 2. The Labute approximate surface area is 91.9 Å². The largest absolute Gasteiger partial charge is 0.347 e. The fraction of sp³-hybridized carbons (Fsp3) is 0.444. The fourth-order valence-electron chi connectivity index (χ4n) is 0.943. The molecule has 0 saturated carbocycles. The second kappa shape index (κ2) is 6.13. The number of hydrogen-bond donors (Lipinski definition) is 2. The number of carbonyl (C=O) groups is 2. The maximum atomic E-state index is 11.3. The molecule has 0 aliphatic carbocycles. The van der Waals surface area contributed by atoms with E-state index in [2.05, 4.69) is 15.6 Å². The third kappa shape index (κ3) is 4.55. The Morgan fingerprint density at radius 2 is 2.27 bits per heavy atom. The van der Waals surface area contributed by atoms with Gasteiger partial charge in [-0.1, -0.05) is 6.92 Å². The molecule has 1 aromatic heterocycles. The van der Waals surface area contributed by atoms with Gasteiger partial charge in [-0.2, -0.15) is 0 Å². The van der Waals surface area contributed by atoms with Gasteiger partial charge in [-0.25, -0.2) is 4.98 Å². The van der Waals surface area contributed by atoms with Crippen molar-refractivity contribution in [2.45, 2.75) is 19.8 Å². The van der Waals surface area contributed by atoms with E-state index < -0.39 is 0 Å². The van der Waals surface area contributed by atoms with Crippen LogP contribution in [0.2, 0.25) is 0 Å².